The Morgan fingerprint density at radius 1 is 1.21 bits per heavy atom. The van der Waals surface area contributed by atoms with E-state index in [1.165, 1.54) is 11.3 Å². The number of hydrogen-bond donors (Lipinski definition) is 3. The van der Waals surface area contributed by atoms with Gasteiger partial charge < -0.3 is 16.0 Å². The van der Waals surface area contributed by atoms with Crippen LogP contribution in [0.3, 0.4) is 0 Å². The SMILES string of the molecule is Cl.Cl.NCCc1nc(C(=O)NCCc2nc3ccccc3[nH]2)cs1. The summed E-state index contributed by atoms with van der Waals surface area (Å²) < 4.78 is 0. The molecule has 4 N–H and O–H groups in total. The van der Waals surface area contributed by atoms with Crippen molar-refractivity contribution in [3.63, 3.8) is 0 Å². The van der Waals surface area contributed by atoms with Crippen LogP contribution in [0.25, 0.3) is 11.0 Å². The molecule has 0 bridgehead atoms. The van der Waals surface area contributed by atoms with Crippen LogP contribution in [-0.2, 0) is 12.8 Å². The highest BCUT2D eigenvalue weighted by Crippen LogP contribution is 2.11. The van der Waals surface area contributed by atoms with Crippen molar-refractivity contribution in [3.05, 3.63) is 46.2 Å². The Hall–Kier alpha value is -1.67. The van der Waals surface area contributed by atoms with E-state index in [-0.39, 0.29) is 30.7 Å². The van der Waals surface area contributed by atoms with Gasteiger partial charge in [-0.25, -0.2) is 9.97 Å². The first-order valence-corrected chi connectivity index (χ1v) is 8.00. The summed E-state index contributed by atoms with van der Waals surface area (Å²) in [6.45, 7) is 1.06. The average molecular weight is 388 g/mol. The van der Waals surface area contributed by atoms with Crippen molar-refractivity contribution < 1.29 is 4.79 Å². The molecule has 0 saturated carbocycles. The van der Waals surface area contributed by atoms with Gasteiger partial charge in [0.15, 0.2) is 0 Å². The molecule has 3 rings (SSSR count). The number of halogens is 2. The van der Waals surface area contributed by atoms with E-state index in [0.29, 0.717) is 31.6 Å². The van der Waals surface area contributed by atoms with Crippen molar-refractivity contribution >= 4 is 53.1 Å². The van der Waals surface area contributed by atoms with E-state index in [4.69, 9.17) is 5.73 Å². The quantitative estimate of drug-likeness (QED) is 0.604. The topological polar surface area (TPSA) is 96.7 Å². The fourth-order valence-corrected chi connectivity index (χ4v) is 2.96. The minimum absolute atomic E-state index is 0. The van der Waals surface area contributed by atoms with E-state index in [1.54, 1.807) is 5.38 Å². The second-order valence-corrected chi connectivity index (χ2v) is 5.81. The zero-order chi connectivity index (χ0) is 15.4. The monoisotopic (exact) mass is 387 g/mol. The summed E-state index contributed by atoms with van der Waals surface area (Å²) in [7, 11) is 0. The van der Waals surface area contributed by atoms with Crippen LogP contribution in [0.2, 0.25) is 0 Å². The van der Waals surface area contributed by atoms with Gasteiger partial charge in [0.2, 0.25) is 0 Å². The lowest BCUT2D eigenvalue weighted by Gasteiger charge is -2.01. The molecule has 0 saturated heterocycles. The molecule has 6 nitrogen and oxygen atoms in total. The molecule has 0 atom stereocenters. The number of aromatic amines is 1. The summed E-state index contributed by atoms with van der Waals surface area (Å²) in [6.07, 6.45) is 1.36. The summed E-state index contributed by atoms with van der Waals surface area (Å²) in [6, 6.07) is 7.87. The van der Waals surface area contributed by atoms with Crippen molar-refractivity contribution in [2.75, 3.05) is 13.1 Å². The van der Waals surface area contributed by atoms with Crippen LogP contribution in [0.1, 0.15) is 21.3 Å². The molecule has 24 heavy (non-hydrogen) atoms. The summed E-state index contributed by atoms with van der Waals surface area (Å²) in [5, 5.41) is 5.52. The predicted molar refractivity (Wildman–Crippen MR) is 101 cm³/mol. The molecule has 2 heterocycles. The van der Waals surface area contributed by atoms with Crippen molar-refractivity contribution in [2.45, 2.75) is 12.8 Å². The smallest absolute Gasteiger partial charge is 0.270 e. The van der Waals surface area contributed by atoms with Crippen molar-refractivity contribution in [1.82, 2.24) is 20.3 Å². The molecular formula is C15H19Cl2N5OS. The number of carbonyl (C=O) groups excluding carboxylic acids is 1. The Balaban J connectivity index is 0.00000144. The fraction of sp³-hybridized carbons (Fsp3) is 0.267. The van der Waals surface area contributed by atoms with Crippen LogP contribution >= 0.6 is 36.2 Å². The molecule has 0 aliphatic carbocycles. The van der Waals surface area contributed by atoms with Crippen molar-refractivity contribution in [1.29, 1.82) is 0 Å². The lowest BCUT2D eigenvalue weighted by atomic mass is 10.3. The number of aromatic nitrogens is 3. The highest BCUT2D eigenvalue weighted by Gasteiger charge is 2.10. The highest BCUT2D eigenvalue weighted by molar-refractivity contribution is 7.09. The first-order valence-electron chi connectivity index (χ1n) is 7.12. The number of para-hydroxylation sites is 2. The standard InChI is InChI=1S/C15H17N5OS.2ClH/c16-7-5-14-20-12(9-22-14)15(21)17-8-6-13-18-10-3-1-2-4-11(10)19-13;;/h1-4,9H,5-8,16H2,(H,17,21)(H,18,19);2*1H. The number of thiazole rings is 1. The first-order chi connectivity index (χ1) is 10.8. The van der Waals surface area contributed by atoms with Gasteiger partial charge in [0, 0.05) is 24.8 Å². The third-order valence-electron chi connectivity index (χ3n) is 3.23. The number of amides is 1. The number of nitrogens with one attached hydrogen (secondary N) is 2. The molecule has 1 amide bonds. The third kappa shape index (κ3) is 4.91. The summed E-state index contributed by atoms with van der Waals surface area (Å²) in [4.78, 5) is 24.0. The Morgan fingerprint density at radius 2 is 2.00 bits per heavy atom. The number of carbonyl (C=O) groups is 1. The minimum Gasteiger partial charge on any atom is -0.350 e. The van der Waals surface area contributed by atoms with Crippen LogP contribution in [0.15, 0.2) is 29.6 Å². The van der Waals surface area contributed by atoms with Crippen LogP contribution in [0, 0.1) is 0 Å². The molecule has 9 heteroatoms. The molecule has 0 radical (unpaired) electrons. The summed E-state index contributed by atoms with van der Waals surface area (Å²) >= 11 is 1.46. The molecule has 0 aliphatic rings. The van der Waals surface area contributed by atoms with E-state index >= 15 is 0 Å². The minimum atomic E-state index is -0.157. The molecule has 130 valence electrons. The molecular weight excluding hydrogens is 369 g/mol. The molecule has 3 aromatic rings. The predicted octanol–water partition coefficient (Wildman–Crippen LogP) is 2.34. The number of rotatable bonds is 6. The van der Waals surface area contributed by atoms with Gasteiger partial charge >= 0.3 is 0 Å². The van der Waals surface area contributed by atoms with Gasteiger partial charge in [0.05, 0.1) is 16.0 Å². The number of fused-ring (bicyclic) bond motifs is 1. The van der Waals surface area contributed by atoms with Gasteiger partial charge in [-0.1, -0.05) is 12.1 Å². The number of H-pyrrole nitrogens is 1. The van der Waals surface area contributed by atoms with Gasteiger partial charge in [-0.2, -0.15) is 0 Å². The van der Waals surface area contributed by atoms with Gasteiger partial charge in [-0.05, 0) is 18.7 Å². The second-order valence-electron chi connectivity index (χ2n) is 4.87. The van der Waals surface area contributed by atoms with Crippen LogP contribution in [-0.4, -0.2) is 33.9 Å². The summed E-state index contributed by atoms with van der Waals surface area (Å²) in [5.41, 5.74) is 7.88. The highest BCUT2D eigenvalue weighted by atomic mass is 35.5. The van der Waals surface area contributed by atoms with E-state index in [2.05, 4.69) is 20.3 Å². The lowest BCUT2D eigenvalue weighted by Crippen LogP contribution is -2.26. The fourth-order valence-electron chi connectivity index (χ4n) is 2.16. The van der Waals surface area contributed by atoms with Crippen molar-refractivity contribution in [2.24, 2.45) is 5.73 Å². The van der Waals surface area contributed by atoms with E-state index in [0.717, 1.165) is 21.9 Å². The van der Waals surface area contributed by atoms with Crippen LogP contribution in [0.5, 0.6) is 0 Å². The number of nitrogens with zero attached hydrogens (tertiary/aromatic N) is 2. The maximum Gasteiger partial charge on any atom is 0.270 e. The number of imidazole rings is 1. The maximum absolute atomic E-state index is 12.0. The van der Waals surface area contributed by atoms with E-state index < -0.39 is 0 Å². The van der Waals surface area contributed by atoms with Crippen molar-refractivity contribution in [3.8, 4) is 0 Å². The zero-order valence-corrected chi connectivity index (χ0v) is 15.3. The number of hydrogen-bond acceptors (Lipinski definition) is 5. The normalized spacial score (nSPS) is 10.0. The Labute approximate surface area is 156 Å². The molecule has 0 unspecified atom stereocenters. The first kappa shape index (κ1) is 20.4. The average Bonchev–Trinajstić information content (AvgIpc) is 3.13. The zero-order valence-electron chi connectivity index (χ0n) is 12.8. The molecule has 0 aliphatic heterocycles. The lowest BCUT2D eigenvalue weighted by molar-refractivity contribution is 0.0949. The molecule has 0 spiro atoms. The van der Waals surface area contributed by atoms with Gasteiger partial charge in [0.1, 0.15) is 11.5 Å². The Kier molecular flexibility index (Phi) is 8.14. The molecule has 0 fully saturated rings. The van der Waals surface area contributed by atoms with Crippen LogP contribution in [0.4, 0.5) is 0 Å². The third-order valence-corrected chi connectivity index (χ3v) is 4.14. The van der Waals surface area contributed by atoms with Crippen LogP contribution < -0.4 is 11.1 Å². The molecule has 1 aromatic carbocycles. The van der Waals surface area contributed by atoms with Gasteiger partial charge in [0.25, 0.3) is 5.91 Å². The van der Waals surface area contributed by atoms with E-state index in [9.17, 15) is 4.79 Å². The van der Waals surface area contributed by atoms with Gasteiger partial charge in [-0.3, -0.25) is 4.79 Å². The Morgan fingerprint density at radius 3 is 2.75 bits per heavy atom. The van der Waals surface area contributed by atoms with Gasteiger partial charge in [-0.15, -0.1) is 36.2 Å². The maximum atomic E-state index is 12.0. The number of nitrogens with two attached hydrogens (primary N) is 1. The Bertz CT molecular complexity index is 756. The number of benzene rings is 1. The molecule has 2 aromatic heterocycles. The summed E-state index contributed by atoms with van der Waals surface area (Å²) in [5.74, 6) is 0.708. The second kappa shape index (κ2) is 9.58. The van der Waals surface area contributed by atoms with E-state index in [1.807, 2.05) is 24.3 Å². The largest absolute Gasteiger partial charge is 0.350 e.